The van der Waals surface area contributed by atoms with Gasteiger partial charge in [0.25, 0.3) is 0 Å². The minimum atomic E-state index is 0.308. The Balaban J connectivity index is 2.25. The molecule has 0 saturated heterocycles. The van der Waals surface area contributed by atoms with E-state index in [1.807, 2.05) is 18.2 Å². The summed E-state index contributed by atoms with van der Waals surface area (Å²) in [6.07, 6.45) is 2.39. The van der Waals surface area contributed by atoms with Gasteiger partial charge in [-0.1, -0.05) is 19.1 Å². The van der Waals surface area contributed by atoms with E-state index in [1.165, 1.54) is 6.33 Å². The first-order chi connectivity index (χ1) is 9.76. The number of benzene rings is 1. The molecule has 2 aromatic rings. The van der Waals surface area contributed by atoms with Crippen LogP contribution in [0.5, 0.6) is 17.4 Å². The molecule has 6 nitrogen and oxygen atoms in total. The molecule has 0 bridgehead atoms. The van der Waals surface area contributed by atoms with Crippen LogP contribution in [0.25, 0.3) is 0 Å². The molecule has 0 atom stereocenters. The third-order valence-corrected chi connectivity index (χ3v) is 2.67. The van der Waals surface area contributed by atoms with E-state index in [0.29, 0.717) is 28.9 Å². The number of nitrogens with one attached hydrogen (secondary N) is 1. The van der Waals surface area contributed by atoms with Crippen LogP contribution in [-0.2, 0) is 0 Å². The predicted octanol–water partition coefficient (Wildman–Crippen LogP) is 2.68. The van der Waals surface area contributed by atoms with Gasteiger partial charge in [0.05, 0.1) is 7.11 Å². The molecule has 20 heavy (non-hydrogen) atoms. The molecule has 6 heteroatoms. The van der Waals surface area contributed by atoms with E-state index in [4.69, 9.17) is 15.2 Å². The Morgan fingerprint density at radius 1 is 1.20 bits per heavy atom. The van der Waals surface area contributed by atoms with Gasteiger partial charge in [-0.25, -0.2) is 4.98 Å². The van der Waals surface area contributed by atoms with E-state index in [9.17, 15) is 0 Å². The highest BCUT2D eigenvalue weighted by atomic mass is 16.5. The second-order valence-electron chi connectivity index (χ2n) is 4.12. The molecule has 0 unspecified atom stereocenters. The molecule has 2 rings (SSSR count). The summed E-state index contributed by atoms with van der Waals surface area (Å²) in [5.74, 6) is 2.06. The van der Waals surface area contributed by atoms with Gasteiger partial charge in [-0.3, -0.25) is 0 Å². The van der Waals surface area contributed by atoms with Crippen molar-refractivity contribution in [2.75, 3.05) is 24.7 Å². The van der Waals surface area contributed by atoms with Crippen LogP contribution >= 0.6 is 0 Å². The summed E-state index contributed by atoms with van der Waals surface area (Å²) in [6.45, 7) is 2.85. The van der Waals surface area contributed by atoms with Gasteiger partial charge >= 0.3 is 0 Å². The molecule has 0 amide bonds. The molecule has 0 fully saturated rings. The molecule has 1 aromatic heterocycles. The number of aromatic nitrogens is 2. The summed E-state index contributed by atoms with van der Waals surface area (Å²) in [6, 6.07) is 7.32. The van der Waals surface area contributed by atoms with Crippen molar-refractivity contribution in [2.24, 2.45) is 0 Å². The minimum Gasteiger partial charge on any atom is -0.493 e. The maximum Gasteiger partial charge on any atom is 0.248 e. The first-order valence-corrected chi connectivity index (χ1v) is 6.41. The average Bonchev–Trinajstić information content (AvgIpc) is 2.48. The van der Waals surface area contributed by atoms with E-state index in [1.54, 1.807) is 13.2 Å². The van der Waals surface area contributed by atoms with Crippen LogP contribution < -0.4 is 20.5 Å². The van der Waals surface area contributed by atoms with Crippen molar-refractivity contribution < 1.29 is 9.47 Å². The fourth-order valence-corrected chi connectivity index (χ4v) is 1.65. The maximum absolute atomic E-state index is 6.01. The normalized spacial score (nSPS) is 10.1. The molecule has 3 N–H and O–H groups in total. The number of nitrogens with zero attached hydrogens (tertiary/aromatic N) is 2. The van der Waals surface area contributed by atoms with Crippen LogP contribution in [0.2, 0.25) is 0 Å². The largest absolute Gasteiger partial charge is 0.493 e. The fourth-order valence-electron chi connectivity index (χ4n) is 1.65. The molecule has 106 valence electrons. The van der Waals surface area contributed by atoms with Crippen molar-refractivity contribution in [2.45, 2.75) is 13.3 Å². The van der Waals surface area contributed by atoms with Crippen molar-refractivity contribution in [3.63, 3.8) is 0 Å². The lowest BCUT2D eigenvalue weighted by atomic mass is 10.3. The van der Waals surface area contributed by atoms with Crippen LogP contribution in [0, 0.1) is 0 Å². The van der Waals surface area contributed by atoms with Crippen LogP contribution in [0.4, 0.5) is 11.5 Å². The van der Waals surface area contributed by atoms with E-state index in [0.717, 1.165) is 13.0 Å². The van der Waals surface area contributed by atoms with Crippen molar-refractivity contribution >= 4 is 11.5 Å². The number of hydrogen-bond donors (Lipinski definition) is 2. The molecule has 1 aromatic carbocycles. The third kappa shape index (κ3) is 3.09. The number of ether oxygens (including phenoxy) is 2. The highest BCUT2D eigenvalue weighted by Crippen LogP contribution is 2.34. The Morgan fingerprint density at radius 3 is 2.65 bits per heavy atom. The van der Waals surface area contributed by atoms with Crippen LogP contribution in [-0.4, -0.2) is 23.6 Å². The molecule has 0 radical (unpaired) electrons. The monoisotopic (exact) mass is 274 g/mol. The summed E-state index contributed by atoms with van der Waals surface area (Å²) in [4.78, 5) is 8.17. The Hall–Kier alpha value is -2.50. The zero-order chi connectivity index (χ0) is 14.4. The van der Waals surface area contributed by atoms with E-state index in [-0.39, 0.29) is 0 Å². The summed E-state index contributed by atoms with van der Waals surface area (Å²) < 4.78 is 10.9. The minimum absolute atomic E-state index is 0.308. The summed E-state index contributed by atoms with van der Waals surface area (Å²) in [5, 5.41) is 3.13. The number of rotatable bonds is 6. The average molecular weight is 274 g/mol. The molecule has 0 spiro atoms. The zero-order valence-electron chi connectivity index (χ0n) is 11.6. The highest BCUT2D eigenvalue weighted by molar-refractivity contribution is 5.67. The van der Waals surface area contributed by atoms with E-state index >= 15 is 0 Å². The molecule has 0 aliphatic carbocycles. The van der Waals surface area contributed by atoms with Crippen molar-refractivity contribution in [3.8, 4) is 17.4 Å². The topological polar surface area (TPSA) is 82.3 Å². The van der Waals surface area contributed by atoms with Gasteiger partial charge in [-0.15, -0.1) is 0 Å². The van der Waals surface area contributed by atoms with Crippen LogP contribution in [0.15, 0.2) is 30.6 Å². The van der Waals surface area contributed by atoms with Gasteiger partial charge in [-0.2, -0.15) is 4.98 Å². The standard InChI is InChI=1S/C14H18N4O2/c1-3-8-16-13-12(15)14(18-9-17-13)20-11-7-5-4-6-10(11)19-2/h4-7,9H,3,8,15H2,1-2H3,(H,16,17,18). The maximum atomic E-state index is 6.01. The second-order valence-corrected chi connectivity index (χ2v) is 4.12. The Labute approximate surface area is 118 Å². The van der Waals surface area contributed by atoms with Gasteiger partial charge in [0, 0.05) is 6.54 Å². The second kappa shape index (κ2) is 6.60. The smallest absolute Gasteiger partial charge is 0.248 e. The number of anilines is 2. The number of nitrogen functional groups attached to an aromatic ring is 1. The van der Waals surface area contributed by atoms with Gasteiger partial charge in [0.15, 0.2) is 17.3 Å². The quantitative estimate of drug-likeness (QED) is 0.842. The van der Waals surface area contributed by atoms with Crippen molar-refractivity contribution in [1.82, 2.24) is 9.97 Å². The number of hydrogen-bond acceptors (Lipinski definition) is 6. The SMILES string of the molecule is CCCNc1ncnc(Oc2ccccc2OC)c1N. The molecule has 0 aliphatic heterocycles. The van der Waals surface area contributed by atoms with E-state index in [2.05, 4.69) is 22.2 Å². The van der Waals surface area contributed by atoms with Gasteiger partial charge < -0.3 is 20.5 Å². The fraction of sp³-hybridized carbons (Fsp3) is 0.286. The first kappa shape index (κ1) is 13.9. The van der Waals surface area contributed by atoms with Crippen LogP contribution in [0.3, 0.4) is 0 Å². The molecule has 0 aliphatic rings. The Kier molecular flexibility index (Phi) is 4.60. The summed E-state index contributed by atoms with van der Waals surface area (Å²) in [5.41, 5.74) is 6.39. The Bertz CT molecular complexity index is 575. The number of nitrogens with two attached hydrogens (primary N) is 1. The molecular weight excluding hydrogens is 256 g/mol. The highest BCUT2D eigenvalue weighted by Gasteiger charge is 2.12. The number of para-hydroxylation sites is 2. The third-order valence-electron chi connectivity index (χ3n) is 2.67. The first-order valence-electron chi connectivity index (χ1n) is 6.41. The van der Waals surface area contributed by atoms with Crippen LogP contribution in [0.1, 0.15) is 13.3 Å². The predicted molar refractivity (Wildman–Crippen MR) is 78.3 cm³/mol. The van der Waals surface area contributed by atoms with Gasteiger partial charge in [0.1, 0.15) is 12.0 Å². The summed E-state index contributed by atoms with van der Waals surface area (Å²) in [7, 11) is 1.58. The lowest BCUT2D eigenvalue weighted by Crippen LogP contribution is -2.07. The molecule has 0 saturated carbocycles. The summed E-state index contributed by atoms with van der Waals surface area (Å²) >= 11 is 0. The molecular formula is C14H18N4O2. The number of methoxy groups -OCH3 is 1. The van der Waals surface area contributed by atoms with E-state index < -0.39 is 0 Å². The zero-order valence-corrected chi connectivity index (χ0v) is 11.6. The van der Waals surface area contributed by atoms with Gasteiger partial charge in [0.2, 0.25) is 5.88 Å². The van der Waals surface area contributed by atoms with Crippen molar-refractivity contribution in [1.29, 1.82) is 0 Å². The lowest BCUT2D eigenvalue weighted by Gasteiger charge is -2.12. The van der Waals surface area contributed by atoms with Gasteiger partial charge in [-0.05, 0) is 18.6 Å². The molecule has 1 heterocycles. The van der Waals surface area contributed by atoms with Crippen molar-refractivity contribution in [3.05, 3.63) is 30.6 Å². The Morgan fingerprint density at radius 2 is 1.95 bits per heavy atom. The lowest BCUT2D eigenvalue weighted by molar-refractivity contribution is 0.374.